The molecule has 0 spiro atoms. The number of thiocarbonyl (C=S) groups is 1. The zero-order valence-corrected chi connectivity index (χ0v) is 12.4. The standard InChI is InChI=1S/C16H16N2O2S/c1-2-20-14-8-4-7-13(10-14)18-16(19)12-6-3-5-11(9-12)15(17)21/h3-10H,2H2,1H3,(H2,17,21)(H,18,19). The van der Waals surface area contributed by atoms with Crippen LogP contribution in [-0.2, 0) is 0 Å². The summed E-state index contributed by atoms with van der Waals surface area (Å²) in [5.41, 5.74) is 7.41. The number of hydrogen-bond acceptors (Lipinski definition) is 3. The number of carbonyl (C=O) groups is 1. The number of carbonyl (C=O) groups excluding carboxylic acids is 1. The fourth-order valence-corrected chi connectivity index (χ4v) is 1.97. The zero-order valence-electron chi connectivity index (χ0n) is 11.6. The van der Waals surface area contributed by atoms with E-state index in [2.05, 4.69) is 5.32 Å². The zero-order chi connectivity index (χ0) is 15.2. The summed E-state index contributed by atoms with van der Waals surface area (Å²) < 4.78 is 5.40. The van der Waals surface area contributed by atoms with Gasteiger partial charge in [-0.3, -0.25) is 4.79 Å². The highest BCUT2D eigenvalue weighted by Crippen LogP contribution is 2.18. The summed E-state index contributed by atoms with van der Waals surface area (Å²) in [6.07, 6.45) is 0. The molecule has 2 aromatic rings. The summed E-state index contributed by atoms with van der Waals surface area (Å²) in [7, 11) is 0. The average Bonchev–Trinajstić information content (AvgIpc) is 2.48. The fraction of sp³-hybridized carbons (Fsp3) is 0.125. The summed E-state index contributed by atoms with van der Waals surface area (Å²) >= 11 is 4.91. The molecule has 2 aromatic carbocycles. The Morgan fingerprint density at radius 3 is 2.62 bits per heavy atom. The van der Waals surface area contributed by atoms with E-state index in [0.29, 0.717) is 29.2 Å². The summed E-state index contributed by atoms with van der Waals surface area (Å²) in [6, 6.07) is 14.2. The van der Waals surface area contributed by atoms with Gasteiger partial charge in [-0.1, -0.05) is 30.4 Å². The minimum absolute atomic E-state index is 0.221. The van der Waals surface area contributed by atoms with Crippen LogP contribution in [0, 0.1) is 0 Å². The number of ether oxygens (including phenoxy) is 1. The van der Waals surface area contributed by atoms with Gasteiger partial charge in [-0.15, -0.1) is 0 Å². The van der Waals surface area contributed by atoms with Crippen LogP contribution in [0.1, 0.15) is 22.8 Å². The van der Waals surface area contributed by atoms with Crippen molar-refractivity contribution in [2.75, 3.05) is 11.9 Å². The maximum absolute atomic E-state index is 12.2. The molecule has 0 fully saturated rings. The van der Waals surface area contributed by atoms with Gasteiger partial charge in [0.15, 0.2) is 0 Å². The Kier molecular flexibility index (Phi) is 4.90. The Morgan fingerprint density at radius 2 is 1.90 bits per heavy atom. The van der Waals surface area contributed by atoms with Crippen molar-refractivity contribution in [3.63, 3.8) is 0 Å². The minimum Gasteiger partial charge on any atom is -0.494 e. The van der Waals surface area contributed by atoms with Crippen molar-refractivity contribution in [2.45, 2.75) is 6.92 Å². The lowest BCUT2D eigenvalue weighted by atomic mass is 10.1. The highest BCUT2D eigenvalue weighted by molar-refractivity contribution is 7.80. The van der Waals surface area contributed by atoms with Crippen molar-refractivity contribution < 1.29 is 9.53 Å². The van der Waals surface area contributed by atoms with Crippen LogP contribution in [0.25, 0.3) is 0 Å². The van der Waals surface area contributed by atoms with Gasteiger partial charge in [0.2, 0.25) is 0 Å². The molecule has 3 N–H and O–H groups in total. The molecule has 5 heteroatoms. The molecular formula is C16H16N2O2S. The van der Waals surface area contributed by atoms with Crippen LogP contribution in [0.5, 0.6) is 5.75 Å². The fourth-order valence-electron chi connectivity index (χ4n) is 1.85. The van der Waals surface area contributed by atoms with Crippen LogP contribution in [-0.4, -0.2) is 17.5 Å². The normalized spacial score (nSPS) is 9.95. The van der Waals surface area contributed by atoms with Gasteiger partial charge < -0.3 is 15.8 Å². The third kappa shape index (κ3) is 4.03. The molecule has 0 aliphatic heterocycles. The number of anilines is 1. The lowest BCUT2D eigenvalue weighted by Crippen LogP contribution is -2.14. The van der Waals surface area contributed by atoms with Crippen LogP contribution >= 0.6 is 12.2 Å². The maximum atomic E-state index is 12.2. The van der Waals surface area contributed by atoms with Gasteiger partial charge >= 0.3 is 0 Å². The first kappa shape index (κ1) is 15.0. The summed E-state index contributed by atoms with van der Waals surface area (Å²) in [5.74, 6) is 0.494. The van der Waals surface area contributed by atoms with Crippen LogP contribution in [0.15, 0.2) is 48.5 Å². The predicted octanol–water partition coefficient (Wildman–Crippen LogP) is 2.97. The Hall–Kier alpha value is -2.40. The number of amides is 1. The Bertz CT molecular complexity index is 671. The van der Waals surface area contributed by atoms with Gasteiger partial charge in [0.05, 0.1) is 6.61 Å². The quantitative estimate of drug-likeness (QED) is 0.833. The molecule has 0 saturated carbocycles. The van der Waals surface area contributed by atoms with Crippen molar-refractivity contribution >= 4 is 28.8 Å². The molecule has 2 rings (SSSR count). The number of hydrogen-bond donors (Lipinski definition) is 2. The first-order valence-electron chi connectivity index (χ1n) is 6.54. The van der Waals surface area contributed by atoms with E-state index in [9.17, 15) is 4.79 Å². The van der Waals surface area contributed by atoms with Crippen molar-refractivity contribution in [3.8, 4) is 5.75 Å². The molecule has 1 amide bonds. The summed E-state index contributed by atoms with van der Waals surface area (Å²) in [6.45, 7) is 2.49. The first-order valence-corrected chi connectivity index (χ1v) is 6.95. The first-order chi connectivity index (χ1) is 10.1. The topological polar surface area (TPSA) is 64.3 Å². The number of nitrogens with two attached hydrogens (primary N) is 1. The molecule has 21 heavy (non-hydrogen) atoms. The van der Waals surface area contributed by atoms with E-state index in [1.807, 2.05) is 19.1 Å². The van der Waals surface area contributed by atoms with Crippen molar-refractivity contribution in [1.29, 1.82) is 0 Å². The highest BCUT2D eigenvalue weighted by atomic mass is 32.1. The number of benzene rings is 2. The smallest absolute Gasteiger partial charge is 0.255 e. The Labute approximate surface area is 128 Å². The third-order valence-corrected chi connectivity index (χ3v) is 3.05. The van der Waals surface area contributed by atoms with Gasteiger partial charge in [0, 0.05) is 22.9 Å². The number of rotatable bonds is 5. The maximum Gasteiger partial charge on any atom is 0.255 e. The van der Waals surface area contributed by atoms with E-state index in [4.69, 9.17) is 22.7 Å². The van der Waals surface area contributed by atoms with Gasteiger partial charge in [0.1, 0.15) is 10.7 Å². The van der Waals surface area contributed by atoms with E-state index in [1.165, 1.54) is 0 Å². The molecule has 0 saturated heterocycles. The molecule has 4 nitrogen and oxygen atoms in total. The molecule has 0 aliphatic rings. The van der Waals surface area contributed by atoms with Crippen molar-refractivity contribution in [3.05, 3.63) is 59.7 Å². The Morgan fingerprint density at radius 1 is 1.19 bits per heavy atom. The summed E-state index contributed by atoms with van der Waals surface area (Å²) in [4.78, 5) is 12.5. The molecule has 0 bridgehead atoms. The lowest BCUT2D eigenvalue weighted by Gasteiger charge is -2.08. The molecule has 108 valence electrons. The molecule has 0 aromatic heterocycles. The predicted molar refractivity (Wildman–Crippen MR) is 87.9 cm³/mol. The van der Waals surface area contributed by atoms with E-state index in [1.54, 1.807) is 36.4 Å². The SMILES string of the molecule is CCOc1cccc(NC(=O)c2cccc(C(N)=S)c2)c1. The van der Waals surface area contributed by atoms with Crippen LogP contribution in [0.3, 0.4) is 0 Å². The van der Waals surface area contributed by atoms with Crippen LogP contribution < -0.4 is 15.8 Å². The molecule has 0 atom stereocenters. The highest BCUT2D eigenvalue weighted by Gasteiger charge is 2.08. The second-order valence-electron chi connectivity index (χ2n) is 4.36. The molecular weight excluding hydrogens is 284 g/mol. The molecule has 0 unspecified atom stereocenters. The summed E-state index contributed by atoms with van der Waals surface area (Å²) in [5, 5.41) is 2.82. The van der Waals surface area contributed by atoms with Crippen molar-refractivity contribution in [1.82, 2.24) is 0 Å². The monoisotopic (exact) mass is 300 g/mol. The van der Waals surface area contributed by atoms with Gasteiger partial charge in [0.25, 0.3) is 5.91 Å². The van der Waals surface area contributed by atoms with E-state index in [-0.39, 0.29) is 10.9 Å². The van der Waals surface area contributed by atoms with Gasteiger partial charge in [-0.25, -0.2) is 0 Å². The molecule has 0 aliphatic carbocycles. The van der Waals surface area contributed by atoms with Crippen molar-refractivity contribution in [2.24, 2.45) is 5.73 Å². The van der Waals surface area contributed by atoms with Gasteiger partial charge in [-0.2, -0.15) is 0 Å². The molecule has 0 radical (unpaired) electrons. The third-order valence-electron chi connectivity index (χ3n) is 2.81. The Balaban J connectivity index is 2.16. The van der Waals surface area contributed by atoms with E-state index < -0.39 is 0 Å². The largest absolute Gasteiger partial charge is 0.494 e. The second-order valence-corrected chi connectivity index (χ2v) is 4.80. The van der Waals surface area contributed by atoms with Crippen LogP contribution in [0.4, 0.5) is 5.69 Å². The molecule has 0 heterocycles. The number of nitrogens with one attached hydrogen (secondary N) is 1. The van der Waals surface area contributed by atoms with E-state index in [0.717, 1.165) is 0 Å². The average molecular weight is 300 g/mol. The van der Waals surface area contributed by atoms with Gasteiger partial charge in [-0.05, 0) is 31.2 Å². The van der Waals surface area contributed by atoms with E-state index >= 15 is 0 Å². The second kappa shape index (κ2) is 6.85. The lowest BCUT2D eigenvalue weighted by molar-refractivity contribution is 0.102. The minimum atomic E-state index is -0.221. The van der Waals surface area contributed by atoms with Crippen LogP contribution in [0.2, 0.25) is 0 Å².